The lowest BCUT2D eigenvalue weighted by Gasteiger charge is -2.34. The van der Waals surface area contributed by atoms with Gasteiger partial charge in [-0.15, -0.1) is 0 Å². The van der Waals surface area contributed by atoms with Crippen molar-refractivity contribution >= 4 is 7.82 Å². The Morgan fingerprint density at radius 3 is 2.54 bits per heavy atom. The molecule has 0 amide bonds. The van der Waals surface area contributed by atoms with Crippen LogP contribution in [0.15, 0.2) is 64.3 Å². The molecule has 3 atom stereocenters. The fourth-order valence-corrected chi connectivity index (χ4v) is 5.85. The van der Waals surface area contributed by atoms with Crippen LogP contribution in [0.3, 0.4) is 0 Å². The summed E-state index contributed by atoms with van der Waals surface area (Å²) in [6.07, 6.45) is 3.39. The molecule has 0 aliphatic carbocycles. The topological polar surface area (TPSA) is 127 Å². The van der Waals surface area contributed by atoms with E-state index in [1.165, 1.54) is 10.8 Å². The Hall–Kier alpha value is -3.47. The van der Waals surface area contributed by atoms with Crippen molar-refractivity contribution in [3.05, 3.63) is 92.3 Å². The molecule has 0 saturated heterocycles. The molecule has 6 rings (SSSR count). The second-order valence-corrected chi connectivity index (χ2v) is 11.5. The summed E-state index contributed by atoms with van der Waals surface area (Å²) in [6, 6.07) is 11.3. The summed E-state index contributed by atoms with van der Waals surface area (Å²) in [4.78, 5) is 26.1. The van der Waals surface area contributed by atoms with Crippen LogP contribution in [0.25, 0.3) is 11.1 Å². The molecule has 11 nitrogen and oxygen atoms in total. The van der Waals surface area contributed by atoms with E-state index in [4.69, 9.17) is 27.8 Å². The zero-order valence-electron chi connectivity index (χ0n) is 21.5. The molecule has 2 aromatic carbocycles. The summed E-state index contributed by atoms with van der Waals surface area (Å²) >= 11 is 0. The van der Waals surface area contributed by atoms with Gasteiger partial charge in [-0.05, 0) is 13.0 Å². The minimum atomic E-state index is -4.01. The number of aromatic amines is 1. The van der Waals surface area contributed by atoms with Crippen LogP contribution in [0.2, 0.25) is 0 Å². The lowest BCUT2D eigenvalue weighted by atomic mass is 9.98. The number of fused-ring (bicyclic) bond motifs is 2. The molecule has 0 bridgehead atoms. The van der Waals surface area contributed by atoms with Crippen molar-refractivity contribution in [2.24, 2.45) is 0 Å². The summed E-state index contributed by atoms with van der Waals surface area (Å²) in [5, 5.41) is 0. The van der Waals surface area contributed by atoms with E-state index in [0.717, 1.165) is 16.7 Å². The summed E-state index contributed by atoms with van der Waals surface area (Å²) in [7, 11) is -4.01. The SMILES string of the molecule is Cc1cn([C@H]2C=C[C@@H](COP3(=O)OCc4cccc(-c5cccc6c5OC(C)(C)OC6)c4O3)O2)c(=O)[nH]c1=O. The van der Waals surface area contributed by atoms with E-state index in [2.05, 4.69) is 4.98 Å². The van der Waals surface area contributed by atoms with Gasteiger partial charge in [0.15, 0.2) is 6.23 Å². The molecule has 3 aliphatic rings. The number of benzene rings is 2. The molecule has 0 spiro atoms. The van der Waals surface area contributed by atoms with Crippen molar-refractivity contribution in [3.8, 4) is 22.6 Å². The molecule has 12 heteroatoms. The van der Waals surface area contributed by atoms with E-state index in [1.54, 1.807) is 19.1 Å². The monoisotopic (exact) mass is 554 g/mol. The molecule has 0 radical (unpaired) electrons. The fraction of sp³-hybridized carbons (Fsp3) is 0.333. The molecule has 39 heavy (non-hydrogen) atoms. The highest BCUT2D eigenvalue weighted by molar-refractivity contribution is 7.49. The number of ether oxygens (including phenoxy) is 3. The molecule has 1 aromatic heterocycles. The summed E-state index contributed by atoms with van der Waals surface area (Å²) < 4.78 is 49.7. The number of hydrogen-bond donors (Lipinski definition) is 1. The molecule has 0 fully saturated rings. The predicted molar refractivity (Wildman–Crippen MR) is 139 cm³/mol. The Kier molecular flexibility index (Phi) is 6.36. The van der Waals surface area contributed by atoms with Gasteiger partial charge in [0.25, 0.3) is 5.56 Å². The second kappa shape index (κ2) is 9.62. The van der Waals surface area contributed by atoms with E-state index < -0.39 is 37.2 Å². The van der Waals surface area contributed by atoms with Gasteiger partial charge in [-0.3, -0.25) is 23.4 Å². The molecule has 3 aliphatic heterocycles. The number of nitrogens with zero attached hydrogens (tertiary/aromatic N) is 1. The van der Waals surface area contributed by atoms with Gasteiger partial charge in [0, 0.05) is 47.9 Å². The van der Waals surface area contributed by atoms with Gasteiger partial charge in [0.1, 0.15) is 17.6 Å². The van der Waals surface area contributed by atoms with Crippen LogP contribution in [0, 0.1) is 6.92 Å². The van der Waals surface area contributed by atoms with Crippen LogP contribution in [-0.2, 0) is 36.3 Å². The number of aromatic nitrogens is 2. The fourth-order valence-electron chi connectivity index (χ4n) is 4.61. The van der Waals surface area contributed by atoms with Crippen LogP contribution >= 0.6 is 7.82 Å². The average Bonchev–Trinajstić information content (AvgIpc) is 3.37. The minimum absolute atomic E-state index is 0.0287. The highest BCUT2D eigenvalue weighted by Crippen LogP contribution is 2.57. The standard InChI is InChI=1S/C27H27N2O9P/c1-16-12-29(26(31)28-25(16)30)22-11-10-19(36-22)15-35-39(32)34-14-18-7-5-9-21(24(18)38-39)20-8-4-6-17-13-33-27(2,3)37-23(17)20/h4-12,19,22H,13-15H2,1-3H3,(H,28,30,31)/t19-,22+,39?/m0/s1. The average molecular weight is 554 g/mol. The van der Waals surface area contributed by atoms with Gasteiger partial charge in [-0.1, -0.05) is 42.5 Å². The molecular formula is C27H27N2O9P. The number of phosphoric ester groups is 1. The van der Waals surface area contributed by atoms with Crippen LogP contribution in [-0.4, -0.2) is 28.0 Å². The molecule has 1 N–H and O–H groups in total. The lowest BCUT2D eigenvalue weighted by Crippen LogP contribution is -2.35. The van der Waals surface area contributed by atoms with Gasteiger partial charge in [0.05, 0.1) is 19.8 Å². The summed E-state index contributed by atoms with van der Waals surface area (Å²) in [6.45, 7) is 5.57. The molecule has 3 aromatic rings. The lowest BCUT2D eigenvalue weighted by molar-refractivity contribution is -0.179. The van der Waals surface area contributed by atoms with Gasteiger partial charge < -0.3 is 18.7 Å². The zero-order valence-corrected chi connectivity index (χ0v) is 22.4. The van der Waals surface area contributed by atoms with E-state index in [-0.39, 0.29) is 13.2 Å². The maximum Gasteiger partial charge on any atom is 0.530 e. The number of H-pyrrole nitrogens is 1. The number of para-hydroxylation sites is 2. The van der Waals surface area contributed by atoms with Crippen LogP contribution < -0.4 is 20.5 Å². The Balaban J connectivity index is 1.20. The van der Waals surface area contributed by atoms with Crippen molar-refractivity contribution in [1.29, 1.82) is 0 Å². The summed E-state index contributed by atoms with van der Waals surface area (Å²) in [5.74, 6) is 0.270. The summed E-state index contributed by atoms with van der Waals surface area (Å²) in [5.41, 5.74) is 2.40. The largest absolute Gasteiger partial charge is 0.530 e. The third-order valence-corrected chi connectivity index (χ3v) is 7.93. The number of aryl methyl sites for hydroxylation is 1. The molecule has 204 valence electrons. The molecular weight excluding hydrogens is 527 g/mol. The normalized spacial score (nSPS) is 24.9. The van der Waals surface area contributed by atoms with Crippen LogP contribution in [0.5, 0.6) is 11.5 Å². The Labute approximate surface area is 223 Å². The van der Waals surface area contributed by atoms with E-state index >= 15 is 0 Å². The number of nitrogens with one attached hydrogen (secondary N) is 1. The zero-order chi connectivity index (χ0) is 27.4. The number of phosphoric acid groups is 1. The van der Waals surface area contributed by atoms with Gasteiger partial charge in [-0.2, -0.15) is 0 Å². The Morgan fingerprint density at radius 1 is 1.05 bits per heavy atom. The molecule has 4 heterocycles. The molecule has 1 unspecified atom stereocenters. The van der Waals surface area contributed by atoms with Crippen molar-refractivity contribution in [1.82, 2.24) is 9.55 Å². The van der Waals surface area contributed by atoms with Crippen molar-refractivity contribution in [2.75, 3.05) is 6.61 Å². The third kappa shape index (κ3) is 4.99. The number of rotatable bonds is 5. The van der Waals surface area contributed by atoms with Gasteiger partial charge >= 0.3 is 13.5 Å². The maximum absolute atomic E-state index is 13.5. The highest BCUT2D eigenvalue weighted by Gasteiger charge is 2.38. The van der Waals surface area contributed by atoms with Gasteiger partial charge in [-0.25, -0.2) is 9.36 Å². The first-order valence-corrected chi connectivity index (χ1v) is 13.9. The Bertz CT molecular complexity index is 1640. The van der Waals surface area contributed by atoms with Gasteiger partial charge in [0.2, 0.25) is 5.79 Å². The van der Waals surface area contributed by atoms with Crippen molar-refractivity contribution in [3.63, 3.8) is 0 Å². The maximum atomic E-state index is 13.5. The van der Waals surface area contributed by atoms with Crippen molar-refractivity contribution in [2.45, 2.75) is 52.1 Å². The smallest absolute Gasteiger partial charge is 0.462 e. The first-order chi connectivity index (χ1) is 18.6. The van der Waals surface area contributed by atoms with E-state index in [0.29, 0.717) is 29.2 Å². The van der Waals surface area contributed by atoms with Crippen LogP contribution in [0.4, 0.5) is 0 Å². The first kappa shape index (κ1) is 25.8. The minimum Gasteiger partial charge on any atom is -0.462 e. The highest BCUT2D eigenvalue weighted by atomic mass is 31.2. The van der Waals surface area contributed by atoms with E-state index in [1.807, 2.05) is 50.2 Å². The van der Waals surface area contributed by atoms with E-state index in [9.17, 15) is 14.2 Å². The van der Waals surface area contributed by atoms with Crippen LogP contribution in [0.1, 0.15) is 36.8 Å². The third-order valence-electron chi connectivity index (χ3n) is 6.61. The number of hydrogen-bond acceptors (Lipinski definition) is 9. The predicted octanol–water partition coefficient (Wildman–Crippen LogP) is 4.34. The first-order valence-electron chi connectivity index (χ1n) is 12.4. The molecule has 0 saturated carbocycles. The van der Waals surface area contributed by atoms with Crippen molar-refractivity contribution < 1.29 is 32.3 Å². The second-order valence-electron chi connectivity index (χ2n) is 9.91. The Morgan fingerprint density at radius 2 is 1.77 bits per heavy atom. The quantitative estimate of drug-likeness (QED) is 0.362.